The van der Waals surface area contributed by atoms with Crippen molar-refractivity contribution < 1.29 is 37.5 Å². The van der Waals surface area contributed by atoms with E-state index in [2.05, 4.69) is 4.74 Å². The van der Waals surface area contributed by atoms with E-state index in [1.807, 2.05) is 0 Å². The van der Waals surface area contributed by atoms with Crippen LogP contribution in [-0.2, 0) is 14.3 Å². The topological polar surface area (TPSA) is 107 Å². The third-order valence-corrected chi connectivity index (χ3v) is 2.21. The van der Waals surface area contributed by atoms with E-state index in [0.717, 1.165) is 12.1 Å². The number of carboxylic acids is 1. The molecule has 1 aromatic carbocycles. The van der Waals surface area contributed by atoms with Crippen molar-refractivity contribution in [2.75, 3.05) is 6.61 Å². The molecule has 0 aliphatic carbocycles. The zero-order valence-corrected chi connectivity index (χ0v) is 10.7. The first-order chi connectivity index (χ1) is 10.1. The Morgan fingerprint density at radius 2 is 2.00 bits per heavy atom. The van der Waals surface area contributed by atoms with E-state index >= 15 is 0 Å². The van der Waals surface area contributed by atoms with Gasteiger partial charge in [0.05, 0.1) is 4.92 Å². The largest absolute Gasteiger partial charge is 0.477 e. The number of nitro groups is 1. The van der Waals surface area contributed by atoms with Crippen molar-refractivity contribution in [3.05, 3.63) is 45.5 Å². The molecule has 0 spiro atoms. The highest BCUT2D eigenvalue weighted by atomic mass is 19.4. The van der Waals surface area contributed by atoms with Gasteiger partial charge in [-0.15, -0.1) is 0 Å². The molecular formula is C12H8F3NO6. The van der Waals surface area contributed by atoms with Crippen LogP contribution in [0.2, 0.25) is 0 Å². The molecule has 118 valence electrons. The molecule has 0 aromatic heterocycles. The van der Waals surface area contributed by atoms with Gasteiger partial charge in [0.2, 0.25) is 0 Å². The summed E-state index contributed by atoms with van der Waals surface area (Å²) in [5, 5.41) is 19.4. The number of carboxylic acid groups (broad SMARTS) is 1. The first-order valence-corrected chi connectivity index (χ1v) is 5.53. The fourth-order valence-electron chi connectivity index (χ4n) is 1.33. The van der Waals surface area contributed by atoms with Crippen LogP contribution in [0.25, 0.3) is 6.08 Å². The molecule has 0 heterocycles. The van der Waals surface area contributed by atoms with Crippen molar-refractivity contribution in [2.45, 2.75) is 6.18 Å². The van der Waals surface area contributed by atoms with Crippen molar-refractivity contribution >= 4 is 23.7 Å². The van der Waals surface area contributed by atoms with E-state index < -0.39 is 35.2 Å². The summed E-state index contributed by atoms with van der Waals surface area (Å²) in [6.07, 6.45) is -4.11. The lowest BCUT2D eigenvalue weighted by Gasteiger charge is -2.08. The summed E-state index contributed by atoms with van der Waals surface area (Å²) in [7, 11) is 0. The zero-order valence-electron chi connectivity index (χ0n) is 10.7. The Kier molecular flexibility index (Phi) is 5.22. The van der Waals surface area contributed by atoms with Gasteiger partial charge < -0.3 is 9.84 Å². The Hall–Kier alpha value is -2.91. The second-order valence-electron chi connectivity index (χ2n) is 3.91. The number of benzene rings is 1. The van der Waals surface area contributed by atoms with Gasteiger partial charge in [-0.3, -0.25) is 10.1 Å². The highest BCUT2D eigenvalue weighted by Crippen LogP contribution is 2.18. The van der Waals surface area contributed by atoms with Gasteiger partial charge in [0.15, 0.2) is 6.61 Å². The second-order valence-corrected chi connectivity index (χ2v) is 3.91. The lowest BCUT2D eigenvalue weighted by atomic mass is 10.1. The molecule has 0 bridgehead atoms. The molecule has 7 nitrogen and oxygen atoms in total. The van der Waals surface area contributed by atoms with E-state index in [9.17, 15) is 32.9 Å². The minimum absolute atomic E-state index is 0.0458. The number of nitro benzene ring substituents is 1. The number of esters is 1. The minimum Gasteiger partial charge on any atom is -0.477 e. The lowest BCUT2D eigenvalue weighted by Crippen LogP contribution is -2.23. The van der Waals surface area contributed by atoms with Gasteiger partial charge in [0, 0.05) is 12.1 Å². The number of carbonyl (C=O) groups excluding carboxylic acids is 1. The Labute approximate surface area is 120 Å². The predicted molar refractivity (Wildman–Crippen MR) is 65.7 cm³/mol. The molecule has 1 aromatic rings. The smallest absolute Gasteiger partial charge is 0.422 e. The number of hydrogen-bond donors (Lipinski definition) is 1. The monoisotopic (exact) mass is 319 g/mol. The van der Waals surface area contributed by atoms with E-state index in [0.29, 0.717) is 6.08 Å². The molecule has 10 heteroatoms. The van der Waals surface area contributed by atoms with Crippen LogP contribution >= 0.6 is 0 Å². The fraction of sp³-hybridized carbons (Fsp3) is 0.167. The molecule has 0 aliphatic heterocycles. The number of alkyl halides is 3. The van der Waals surface area contributed by atoms with Crippen LogP contribution in [0, 0.1) is 10.1 Å². The number of hydrogen-bond acceptors (Lipinski definition) is 5. The average molecular weight is 319 g/mol. The zero-order chi connectivity index (χ0) is 16.9. The van der Waals surface area contributed by atoms with E-state index in [4.69, 9.17) is 5.11 Å². The standard InChI is InChI=1S/C12H8F3NO6/c13-12(14,15)6-22-11(19)9(10(17)18)5-7-2-1-3-8(4-7)16(20)21/h1-5H,6H2,(H,17,18)/b9-5+. The predicted octanol–water partition coefficient (Wildman–Crippen LogP) is 2.17. The summed E-state index contributed by atoms with van der Waals surface area (Å²) < 4.78 is 39.6. The van der Waals surface area contributed by atoms with Gasteiger partial charge in [0.25, 0.3) is 5.69 Å². The number of rotatable bonds is 5. The van der Waals surface area contributed by atoms with Crippen LogP contribution in [0.1, 0.15) is 5.56 Å². The van der Waals surface area contributed by atoms with Crippen LogP contribution in [0.3, 0.4) is 0 Å². The van der Waals surface area contributed by atoms with E-state index in [1.165, 1.54) is 12.1 Å². The average Bonchev–Trinajstić information content (AvgIpc) is 2.41. The number of carbonyl (C=O) groups is 2. The molecule has 0 radical (unpaired) electrons. The van der Waals surface area contributed by atoms with Crippen molar-refractivity contribution in [1.29, 1.82) is 0 Å². The lowest BCUT2D eigenvalue weighted by molar-refractivity contribution is -0.384. The van der Waals surface area contributed by atoms with Gasteiger partial charge in [-0.05, 0) is 11.6 Å². The molecule has 0 atom stereocenters. The Bertz CT molecular complexity index is 638. The second kappa shape index (κ2) is 6.70. The van der Waals surface area contributed by atoms with E-state index in [-0.39, 0.29) is 11.3 Å². The van der Waals surface area contributed by atoms with Crippen LogP contribution < -0.4 is 0 Å². The van der Waals surface area contributed by atoms with E-state index in [1.54, 1.807) is 0 Å². The van der Waals surface area contributed by atoms with Crippen molar-refractivity contribution in [2.24, 2.45) is 0 Å². The van der Waals surface area contributed by atoms with Gasteiger partial charge in [-0.25, -0.2) is 9.59 Å². The van der Waals surface area contributed by atoms with Gasteiger partial charge in [-0.2, -0.15) is 13.2 Å². The first-order valence-electron chi connectivity index (χ1n) is 5.53. The molecule has 0 saturated carbocycles. The quantitative estimate of drug-likeness (QED) is 0.223. The fourth-order valence-corrected chi connectivity index (χ4v) is 1.33. The summed E-state index contributed by atoms with van der Waals surface area (Å²) in [6, 6.07) is 4.55. The Balaban J connectivity index is 3.05. The van der Waals surface area contributed by atoms with Crippen LogP contribution in [-0.4, -0.2) is 34.8 Å². The molecule has 0 amide bonds. The molecule has 22 heavy (non-hydrogen) atoms. The SMILES string of the molecule is O=C(O)/C(=C\c1cccc([N+](=O)[O-])c1)C(=O)OCC(F)(F)F. The van der Waals surface area contributed by atoms with Crippen LogP contribution in [0.5, 0.6) is 0 Å². The highest BCUT2D eigenvalue weighted by Gasteiger charge is 2.31. The Morgan fingerprint density at radius 1 is 1.36 bits per heavy atom. The summed E-state index contributed by atoms with van der Waals surface area (Å²) in [5.74, 6) is -3.52. The number of non-ortho nitro benzene ring substituents is 1. The number of aliphatic carboxylic acids is 1. The maximum atomic E-state index is 11.9. The molecular weight excluding hydrogens is 311 g/mol. The van der Waals surface area contributed by atoms with Crippen LogP contribution in [0.15, 0.2) is 29.8 Å². The van der Waals surface area contributed by atoms with Crippen molar-refractivity contribution in [3.8, 4) is 0 Å². The van der Waals surface area contributed by atoms with Crippen molar-refractivity contribution in [3.63, 3.8) is 0 Å². The third-order valence-electron chi connectivity index (χ3n) is 2.21. The van der Waals surface area contributed by atoms with Gasteiger partial charge in [-0.1, -0.05) is 12.1 Å². The number of nitrogens with zero attached hydrogens (tertiary/aromatic N) is 1. The maximum absolute atomic E-state index is 11.9. The number of halogens is 3. The van der Waals surface area contributed by atoms with Crippen LogP contribution in [0.4, 0.5) is 18.9 Å². The van der Waals surface area contributed by atoms with Gasteiger partial charge >= 0.3 is 18.1 Å². The highest BCUT2D eigenvalue weighted by molar-refractivity contribution is 6.17. The summed E-state index contributed by atoms with van der Waals surface area (Å²) in [6.45, 7) is -1.94. The maximum Gasteiger partial charge on any atom is 0.422 e. The molecule has 0 fully saturated rings. The molecule has 0 unspecified atom stereocenters. The molecule has 1 rings (SSSR count). The normalized spacial score (nSPS) is 11.9. The summed E-state index contributed by atoms with van der Waals surface area (Å²) >= 11 is 0. The number of ether oxygens (including phenoxy) is 1. The minimum atomic E-state index is -4.80. The van der Waals surface area contributed by atoms with Gasteiger partial charge in [0.1, 0.15) is 5.57 Å². The van der Waals surface area contributed by atoms with Crippen molar-refractivity contribution in [1.82, 2.24) is 0 Å². The first kappa shape index (κ1) is 17.1. The molecule has 0 saturated heterocycles. The molecule has 1 N–H and O–H groups in total. The Morgan fingerprint density at radius 3 is 2.50 bits per heavy atom. The summed E-state index contributed by atoms with van der Waals surface area (Å²) in [5.41, 5.74) is -1.50. The summed E-state index contributed by atoms with van der Waals surface area (Å²) in [4.78, 5) is 32.1. The molecule has 0 aliphatic rings. The third kappa shape index (κ3) is 5.23.